The summed E-state index contributed by atoms with van der Waals surface area (Å²) in [6.45, 7) is 1.22. The van der Waals surface area contributed by atoms with Gasteiger partial charge in [-0.2, -0.15) is 0 Å². The Morgan fingerprint density at radius 1 is 1.17 bits per heavy atom. The molecule has 2 aromatic heterocycles. The summed E-state index contributed by atoms with van der Waals surface area (Å²) in [5.74, 6) is 0.515. The highest BCUT2D eigenvalue weighted by Crippen LogP contribution is 2.33. The van der Waals surface area contributed by atoms with E-state index in [0.717, 1.165) is 17.7 Å². The number of thiazole rings is 1. The molecular weight excluding hydrogens is 443 g/mol. The smallest absolute Gasteiger partial charge is 0.266 e. The first kappa shape index (κ1) is 22.1. The van der Waals surface area contributed by atoms with E-state index in [1.165, 1.54) is 11.3 Å². The van der Waals surface area contributed by atoms with Crippen LogP contribution in [0.15, 0.2) is 67.3 Å². The van der Waals surface area contributed by atoms with Crippen molar-refractivity contribution in [3.63, 3.8) is 0 Å². The molecule has 0 saturated carbocycles. The fourth-order valence-corrected chi connectivity index (χ4v) is 4.22. The van der Waals surface area contributed by atoms with Crippen molar-refractivity contribution < 1.29 is 9.53 Å². The lowest BCUT2D eigenvalue weighted by Crippen LogP contribution is -2.36. The lowest BCUT2D eigenvalue weighted by Gasteiger charge is -2.20. The molecule has 156 valence electrons. The first-order chi connectivity index (χ1) is 14.2. The third kappa shape index (κ3) is 5.30. The zero-order valence-corrected chi connectivity index (χ0v) is 18.4. The Morgan fingerprint density at radius 2 is 2.00 bits per heavy atom. The zero-order chi connectivity index (χ0) is 20.1. The molecule has 0 saturated heterocycles. The number of imidazole rings is 1. The number of para-hydroxylation sites is 2. The first-order valence-corrected chi connectivity index (χ1v) is 10.4. The fraction of sp³-hybridized carbons (Fsp3) is 0.190. The van der Waals surface area contributed by atoms with Crippen molar-refractivity contribution in [1.29, 1.82) is 0 Å². The molecular formula is C21H20Cl2N4O2S. The molecule has 0 unspecified atom stereocenters. The number of fused-ring (bicyclic) bond motifs is 1. The van der Waals surface area contributed by atoms with Crippen LogP contribution in [0.5, 0.6) is 5.75 Å². The van der Waals surface area contributed by atoms with Gasteiger partial charge in [0.15, 0.2) is 11.7 Å². The summed E-state index contributed by atoms with van der Waals surface area (Å²) >= 11 is 7.73. The second-order valence-electron chi connectivity index (χ2n) is 6.38. The summed E-state index contributed by atoms with van der Waals surface area (Å²) in [4.78, 5) is 23.3. The normalized spacial score (nSPS) is 10.6. The second kappa shape index (κ2) is 10.4. The maximum Gasteiger partial charge on any atom is 0.266 e. The lowest BCUT2D eigenvalue weighted by molar-refractivity contribution is -0.120. The molecule has 4 aromatic rings. The number of rotatable bonds is 8. The van der Waals surface area contributed by atoms with Crippen molar-refractivity contribution in [1.82, 2.24) is 14.5 Å². The van der Waals surface area contributed by atoms with Gasteiger partial charge in [0.1, 0.15) is 11.3 Å². The van der Waals surface area contributed by atoms with Gasteiger partial charge in [0, 0.05) is 25.5 Å². The molecule has 4 rings (SSSR count). The van der Waals surface area contributed by atoms with Crippen LogP contribution >= 0.6 is 35.3 Å². The Hall–Kier alpha value is -2.61. The molecule has 0 fully saturated rings. The SMILES string of the molecule is Cl.O=C(COc1ccccc1)N(CCCn1ccnc1)c1nc2c(Cl)cccc2s1. The summed E-state index contributed by atoms with van der Waals surface area (Å²) in [5.41, 5.74) is 0.713. The van der Waals surface area contributed by atoms with Gasteiger partial charge in [0.05, 0.1) is 16.0 Å². The molecule has 0 radical (unpaired) electrons. The first-order valence-electron chi connectivity index (χ1n) is 9.20. The van der Waals surface area contributed by atoms with Crippen molar-refractivity contribution in [3.8, 4) is 5.75 Å². The number of aryl methyl sites for hydroxylation is 1. The number of carbonyl (C=O) groups excluding carboxylic acids is 1. The van der Waals surface area contributed by atoms with Gasteiger partial charge in [0.2, 0.25) is 0 Å². The average Bonchev–Trinajstić information content (AvgIpc) is 3.41. The quantitative estimate of drug-likeness (QED) is 0.366. The number of hydrogen-bond donors (Lipinski definition) is 0. The van der Waals surface area contributed by atoms with Crippen LogP contribution in [0.2, 0.25) is 5.02 Å². The molecule has 6 nitrogen and oxygen atoms in total. The Labute approximate surface area is 189 Å². The second-order valence-corrected chi connectivity index (χ2v) is 7.80. The molecule has 0 atom stereocenters. The summed E-state index contributed by atoms with van der Waals surface area (Å²) in [6.07, 6.45) is 6.17. The number of nitrogens with zero attached hydrogens (tertiary/aromatic N) is 4. The topological polar surface area (TPSA) is 60.2 Å². The summed E-state index contributed by atoms with van der Waals surface area (Å²) in [5, 5.41) is 1.21. The minimum atomic E-state index is -0.144. The van der Waals surface area contributed by atoms with Gasteiger partial charge in [0.25, 0.3) is 5.91 Å². The van der Waals surface area contributed by atoms with E-state index < -0.39 is 0 Å². The van der Waals surface area contributed by atoms with Gasteiger partial charge < -0.3 is 9.30 Å². The van der Waals surface area contributed by atoms with Gasteiger partial charge in [-0.3, -0.25) is 9.69 Å². The standard InChI is InChI=1S/C21H19ClN4O2S.ClH/c22-17-8-4-9-18-20(17)24-21(29-18)26(12-5-11-25-13-10-23-15-25)19(27)14-28-16-6-2-1-3-7-16;/h1-4,6-10,13,15H,5,11-12,14H2;1H. The third-order valence-corrected chi connectivity index (χ3v) is 5.70. The van der Waals surface area contributed by atoms with Gasteiger partial charge in [-0.15, -0.1) is 12.4 Å². The van der Waals surface area contributed by atoms with Crippen molar-refractivity contribution in [2.24, 2.45) is 0 Å². The van der Waals surface area contributed by atoms with Crippen LogP contribution in [0.4, 0.5) is 5.13 Å². The highest BCUT2D eigenvalue weighted by Gasteiger charge is 2.21. The van der Waals surface area contributed by atoms with Crippen molar-refractivity contribution in [2.75, 3.05) is 18.1 Å². The highest BCUT2D eigenvalue weighted by molar-refractivity contribution is 7.22. The van der Waals surface area contributed by atoms with Crippen LogP contribution in [0.3, 0.4) is 0 Å². The Kier molecular flexibility index (Phi) is 7.68. The van der Waals surface area contributed by atoms with E-state index >= 15 is 0 Å². The van der Waals surface area contributed by atoms with Gasteiger partial charge in [-0.25, -0.2) is 9.97 Å². The summed E-state index contributed by atoms with van der Waals surface area (Å²) in [6, 6.07) is 14.9. The number of halogens is 2. The maximum absolute atomic E-state index is 13.0. The van der Waals surface area contributed by atoms with E-state index in [-0.39, 0.29) is 24.9 Å². The number of hydrogen-bond acceptors (Lipinski definition) is 5. The van der Waals surface area contributed by atoms with Gasteiger partial charge in [-0.05, 0) is 30.7 Å². The molecule has 2 aromatic carbocycles. The number of carbonyl (C=O) groups is 1. The van der Waals surface area contributed by atoms with Gasteiger partial charge in [-0.1, -0.05) is 47.2 Å². The van der Waals surface area contributed by atoms with Crippen molar-refractivity contribution in [2.45, 2.75) is 13.0 Å². The van der Waals surface area contributed by atoms with Crippen LogP contribution < -0.4 is 9.64 Å². The minimum absolute atomic E-state index is 0. The highest BCUT2D eigenvalue weighted by atomic mass is 35.5. The average molecular weight is 463 g/mol. The molecule has 9 heteroatoms. The summed E-state index contributed by atoms with van der Waals surface area (Å²) < 4.78 is 8.60. The summed E-state index contributed by atoms with van der Waals surface area (Å²) in [7, 11) is 0. The Balaban J connectivity index is 0.00000256. The largest absolute Gasteiger partial charge is 0.484 e. The fourth-order valence-electron chi connectivity index (χ4n) is 2.92. The number of benzene rings is 2. The Morgan fingerprint density at radius 3 is 2.73 bits per heavy atom. The molecule has 30 heavy (non-hydrogen) atoms. The number of amides is 1. The molecule has 0 bridgehead atoms. The van der Waals surface area contributed by atoms with E-state index in [1.54, 1.807) is 23.5 Å². The van der Waals surface area contributed by atoms with Crippen molar-refractivity contribution >= 4 is 56.6 Å². The number of aromatic nitrogens is 3. The van der Waals surface area contributed by atoms with Crippen LogP contribution in [0, 0.1) is 0 Å². The van der Waals surface area contributed by atoms with Crippen LogP contribution in [0.25, 0.3) is 10.2 Å². The molecule has 0 spiro atoms. The Bertz CT molecular complexity index is 1090. The van der Waals surface area contributed by atoms with E-state index in [1.807, 2.05) is 53.2 Å². The van der Waals surface area contributed by atoms with E-state index in [0.29, 0.717) is 28.0 Å². The minimum Gasteiger partial charge on any atom is -0.484 e. The number of ether oxygens (including phenoxy) is 1. The van der Waals surface area contributed by atoms with E-state index in [4.69, 9.17) is 16.3 Å². The van der Waals surface area contributed by atoms with Crippen LogP contribution in [-0.4, -0.2) is 33.6 Å². The maximum atomic E-state index is 13.0. The van der Waals surface area contributed by atoms with Crippen LogP contribution in [0.1, 0.15) is 6.42 Å². The molecule has 0 aliphatic heterocycles. The molecule has 0 aliphatic carbocycles. The van der Waals surface area contributed by atoms with E-state index in [9.17, 15) is 4.79 Å². The third-order valence-electron chi connectivity index (χ3n) is 4.35. The monoisotopic (exact) mass is 462 g/mol. The molecule has 0 N–H and O–H groups in total. The predicted molar refractivity (Wildman–Crippen MR) is 123 cm³/mol. The molecule has 1 amide bonds. The zero-order valence-electron chi connectivity index (χ0n) is 16.0. The van der Waals surface area contributed by atoms with E-state index in [2.05, 4.69) is 9.97 Å². The number of anilines is 1. The molecule has 0 aliphatic rings. The molecule has 2 heterocycles. The van der Waals surface area contributed by atoms with Gasteiger partial charge >= 0.3 is 0 Å². The lowest BCUT2D eigenvalue weighted by atomic mass is 10.3. The predicted octanol–water partition coefficient (Wildman–Crippen LogP) is 5.07. The van der Waals surface area contributed by atoms with Crippen LogP contribution in [-0.2, 0) is 11.3 Å². The van der Waals surface area contributed by atoms with Crippen molar-refractivity contribution in [3.05, 3.63) is 72.3 Å².